The minimum Gasteiger partial charge on any atom is -0.446 e. The van der Waals surface area contributed by atoms with Crippen LogP contribution in [0.15, 0.2) is 42.6 Å². The van der Waals surface area contributed by atoms with Crippen LogP contribution in [-0.2, 0) is 4.74 Å². The van der Waals surface area contributed by atoms with E-state index >= 15 is 0 Å². The van der Waals surface area contributed by atoms with Crippen LogP contribution in [0.5, 0.6) is 0 Å². The van der Waals surface area contributed by atoms with Crippen LogP contribution in [0, 0.1) is 16.7 Å². The van der Waals surface area contributed by atoms with Crippen LogP contribution >= 0.6 is 0 Å². The molecule has 1 fully saturated rings. The highest BCUT2D eigenvalue weighted by molar-refractivity contribution is 5.94. The molecule has 0 aliphatic carbocycles. The number of rotatable bonds is 6. The molecular formula is C27H34N4O3. The fourth-order valence-corrected chi connectivity index (χ4v) is 3.98. The number of cyclic esters (lactones) is 1. The van der Waals surface area contributed by atoms with E-state index in [2.05, 4.69) is 16.4 Å². The second kappa shape index (κ2) is 9.84. The first-order valence-corrected chi connectivity index (χ1v) is 11.7. The van der Waals surface area contributed by atoms with E-state index in [0.717, 1.165) is 16.8 Å². The number of carbonyl (C=O) groups excluding carboxylic acids is 2. The maximum Gasteiger partial charge on any atom is 0.410 e. The first kappa shape index (κ1) is 25.2. The van der Waals surface area contributed by atoms with Crippen molar-refractivity contribution in [3.63, 3.8) is 0 Å². The Morgan fingerprint density at radius 1 is 1.21 bits per heavy atom. The second-order valence-corrected chi connectivity index (χ2v) is 10.6. The summed E-state index contributed by atoms with van der Waals surface area (Å²) in [6.45, 7) is 12.1. The number of amides is 2. The molecule has 1 aliphatic rings. The molecule has 2 aromatic rings. The van der Waals surface area contributed by atoms with Crippen molar-refractivity contribution in [2.75, 3.05) is 6.54 Å². The first-order chi connectivity index (χ1) is 15.9. The van der Waals surface area contributed by atoms with Gasteiger partial charge in [0.1, 0.15) is 6.10 Å². The molecule has 2 amide bonds. The minimum absolute atomic E-state index is 0.136. The van der Waals surface area contributed by atoms with Crippen LogP contribution in [0.4, 0.5) is 4.79 Å². The Morgan fingerprint density at radius 3 is 2.41 bits per heavy atom. The maximum atomic E-state index is 12.6. The number of carbonyl (C=O) groups is 2. The molecule has 1 aromatic carbocycles. The van der Waals surface area contributed by atoms with E-state index in [9.17, 15) is 14.9 Å². The summed E-state index contributed by atoms with van der Waals surface area (Å²) < 4.78 is 5.63. The summed E-state index contributed by atoms with van der Waals surface area (Å²) in [7, 11) is 0. The topological polar surface area (TPSA) is 95.3 Å². The predicted octanol–water partition coefficient (Wildman–Crippen LogP) is 5.49. The summed E-state index contributed by atoms with van der Waals surface area (Å²) in [5.41, 5.74) is 2.39. The first-order valence-electron chi connectivity index (χ1n) is 11.7. The molecule has 34 heavy (non-hydrogen) atoms. The molecule has 7 heteroatoms. The number of aromatic nitrogens is 1. The van der Waals surface area contributed by atoms with Crippen LogP contribution in [0.25, 0.3) is 11.3 Å². The summed E-state index contributed by atoms with van der Waals surface area (Å²) in [4.78, 5) is 31.1. The molecule has 2 atom stereocenters. The van der Waals surface area contributed by atoms with Crippen molar-refractivity contribution in [1.29, 1.82) is 5.26 Å². The normalized spacial score (nSPS) is 17.5. The minimum atomic E-state index is -0.517. The van der Waals surface area contributed by atoms with Gasteiger partial charge < -0.3 is 15.0 Å². The zero-order valence-corrected chi connectivity index (χ0v) is 20.9. The standard InChI is InChI=1S/C27H34N4O3/c1-18(31-14-13-22(34-25(31)33)15-27(5,6)17-28)19-7-9-20(10-8-19)23-12-11-21(16-29-23)24(32)30-26(2,3)4/h7-12,16,18,22H,13-15H2,1-6H3,(H,30,32). The van der Waals surface area contributed by atoms with Crippen molar-refractivity contribution in [2.45, 2.75) is 72.1 Å². The number of nitrogens with one attached hydrogen (secondary N) is 1. The van der Waals surface area contributed by atoms with Crippen molar-refractivity contribution in [1.82, 2.24) is 15.2 Å². The SMILES string of the molecule is CC(c1ccc(-c2ccc(C(=O)NC(C)(C)C)cn2)cc1)N1CCC(CC(C)(C)C#N)OC1=O. The number of hydrogen-bond donors (Lipinski definition) is 1. The lowest BCUT2D eigenvalue weighted by Crippen LogP contribution is -2.44. The predicted molar refractivity (Wildman–Crippen MR) is 131 cm³/mol. The van der Waals surface area contributed by atoms with E-state index in [1.54, 1.807) is 17.2 Å². The molecule has 1 aliphatic heterocycles. The second-order valence-electron chi connectivity index (χ2n) is 10.6. The molecule has 2 unspecified atom stereocenters. The van der Waals surface area contributed by atoms with Crippen LogP contribution in [0.3, 0.4) is 0 Å². The Labute approximate surface area is 202 Å². The summed E-state index contributed by atoms with van der Waals surface area (Å²) in [5.74, 6) is -0.150. The van der Waals surface area contributed by atoms with Crippen molar-refractivity contribution < 1.29 is 14.3 Å². The molecule has 0 bridgehead atoms. The monoisotopic (exact) mass is 462 g/mol. The molecular weight excluding hydrogens is 428 g/mol. The third-order valence-electron chi connectivity index (χ3n) is 5.91. The van der Waals surface area contributed by atoms with E-state index in [4.69, 9.17) is 4.74 Å². The van der Waals surface area contributed by atoms with E-state index in [-0.39, 0.29) is 29.7 Å². The van der Waals surface area contributed by atoms with Gasteiger partial charge in [0.05, 0.1) is 28.8 Å². The molecule has 3 rings (SSSR count). The Bertz CT molecular complexity index is 1060. The number of ether oxygens (including phenoxy) is 1. The van der Waals surface area contributed by atoms with Crippen molar-refractivity contribution in [3.05, 3.63) is 53.7 Å². The highest BCUT2D eigenvalue weighted by atomic mass is 16.6. The fourth-order valence-electron chi connectivity index (χ4n) is 3.98. The molecule has 1 N–H and O–H groups in total. The van der Waals surface area contributed by atoms with Crippen LogP contribution in [0.2, 0.25) is 0 Å². The number of benzene rings is 1. The van der Waals surface area contributed by atoms with Gasteiger partial charge in [-0.2, -0.15) is 5.26 Å². The molecule has 2 heterocycles. The highest BCUT2D eigenvalue weighted by Gasteiger charge is 2.34. The Morgan fingerprint density at radius 2 is 1.88 bits per heavy atom. The summed E-state index contributed by atoms with van der Waals surface area (Å²) >= 11 is 0. The van der Waals surface area contributed by atoms with Crippen molar-refractivity contribution in [3.8, 4) is 17.3 Å². The van der Waals surface area contributed by atoms with Gasteiger partial charge in [0, 0.05) is 36.7 Å². The molecule has 0 saturated carbocycles. The third-order valence-corrected chi connectivity index (χ3v) is 5.91. The number of nitriles is 1. The van der Waals surface area contributed by atoms with E-state index in [0.29, 0.717) is 24.9 Å². The summed E-state index contributed by atoms with van der Waals surface area (Å²) in [5, 5.41) is 12.2. The average Bonchev–Trinajstić information content (AvgIpc) is 2.77. The van der Waals surface area contributed by atoms with Gasteiger partial charge in [-0.15, -0.1) is 0 Å². The van der Waals surface area contributed by atoms with Gasteiger partial charge in [-0.3, -0.25) is 9.78 Å². The molecule has 0 radical (unpaired) electrons. The lowest BCUT2D eigenvalue weighted by Gasteiger charge is -2.37. The van der Waals surface area contributed by atoms with Gasteiger partial charge in [0.25, 0.3) is 5.91 Å². The van der Waals surface area contributed by atoms with Gasteiger partial charge in [0.2, 0.25) is 0 Å². The molecule has 1 saturated heterocycles. The molecule has 180 valence electrons. The maximum absolute atomic E-state index is 12.6. The molecule has 1 aromatic heterocycles. The van der Waals surface area contributed by atoms with Gasteiger partial charge in [-0.25, -0.2) is 4.79 Å². The van der Waals surface area contributed by atoms with Gasteiger partial charge in [-0.05, 0) is 59.2 Å². The fraction of sp³-hybridized carbons (Fsp3) is 0.481. The Hall–Kier alpha value is -3.40. The van der Waals surface area contributed by atoms with Gasteiger partial charge in [-0.1, -0.05) is 24.3 Å². The summed E-state index contributed by atoms with van der Waals surface area (Å²) in [6.07, 6.45) is 2.26. The summed E-state index contributed by atoms with van der Waals surface area (Å²) in [6, 6.07) is 13.6. The van der Waals surface area contributed by atoms with Crippen LogP contribution in [0.1, 0.15) is 76.3 Å². The number of hydrogen-bond acceptors (Lipinski definition) is 5. The quantitative estimate of drug-likeness (QED) is 0.612. The lowest BCUT2D eigenvalue weighted by atomic mass is 9.87. The van der Waals surface area contributed by atoms with Crippen LogP contribution in [-0.4, -0.2) is 40.1 Å². The molecule has 0 spiro atoms. The van der Waals surface area contributed by atoms with Gasteiger partial charge >= 0.3 is 6.09 Å². The Balaban J connectivity index is 1.64. The van der Waals surface area contributed by atoms with E-state index in [1.165, 1.54) is 0 Å². The Kier molecular flexibility index (Phi) is 7.30. The smallest absolute Gasteiger partial charge is 0.410 e. The molecule has 7 nitrogen and oxygen atoms in total. The van der Waals surface area contributed by atoms with Crippen LogP contribution < -0.4 is 5.32 Å². The zero-order chi connectivity index (χ0) is 25.1. The van der Waals surface area contributed by atoms with Crippen molar-refractivity contribution in [2.24, 2.45) is 5.41 Å². The van der Waals surface area contributed by atoms with E-state index in [1.807, 2.05) is 71.9 Å². The average molecular weight is 463 g/mol. The largest absolute Gasteiger partial charge is 0.446 e. The van der Waals surface area contributed by atoms with Gasteiger partial charge in [0.15, 0.2) is 0 Å². The zero-order valence-electron chi connectivity index (χ0n) is 20.9. The lowest BCUT2D eigenvalue weighted by molar-refractivity contribution is 0.000789. The highest BCUT2D eigenvalue weighted by Crippen LogP contribution is 2.31. The third kappa shape index (κ3) is 6.34. The number of pyridine rings is 1. The van der Waals surface area contributed by atoms with Crippen molar-refractivity contribution >= 4 is 12.0 Å². The number of nitrogens with zero attached hydrogens (tertiary/aromatic N) is 3. The van der Waals surface area contributed by atoms with E-state index < -0.39 is 5.41 Å².